The van der Waals surface area contributed by atoms with Crippen LogP contribution in [0.4, 0.5) is 11.6 Å². The number of carbonyl (C=O) groups is 1. The van der Waals surface area contributed by atoms with Crippen LogP contribution in [0.25, 0.3) is 0 Å². The van der Waals surface area contributed by atoms with Crippen molar-refractivity contribution in [2.75, 3.05) is 10.7 Å². The lowest BCUT2D eigenvalue weighted by molar-refractivity contribution is -0.121. The van der Waals surface area contributed by atoms with Gasteiger partial charge < -0.3 is 16.5 Å². The van der Waals surface area contributed by atoms with Gasteiger partial charge >= 0.3 is 0 Å². The van der Waals surface area contributed by atoms with E-state index in [-0.39, 0.29) is 5.41 Å². The third-order valence-electron chi connectivity index (χ3n) is 2.60. The van der Waals surface area contributed by atoms with Crippen molar-refractivity contribution in [1.29, 1.82) is 0 Å². The van der Waals surface area contributed by atoms with E-state index in [1.807, 2.05) is 20.8 Å². The number of amides is 1. The lowest BCUT2D eigenvalue weighted by Gasteiger charge is -2.25. The van der Waals surface area contributed by atoms with Crippen LogP contribution in [0.5, 0.6) is 0 Å². The zero-order chi connectivity index (χ0) is 14.8. The highest BCUT2D eigenvalue weighted by atomic mass is 16.1. The fraction of sp³-hybridized carbons (Fsp3) is 0.583. The van der Waals surface area contributed by atoms with Crippen LogP contribution in [0.2, 0.25) is 0 Å². The maximum absolute atomic E-state index is 11.3. The van der Waals surface area contributed by atoms with E-state index < -0.39 is 11.4 Å². The molecule has 1 heterocycles. The third-order valence-corrected chi connectivity index (χ3v) is 2.60. The zero-order valence-electron chi connectivity index (χ0n) is 12.0. The van der Waals surface area contributed by atoms with E-state index in [2.05, 4.69) is 20.7 Å². The predicted octanol–water partition coefficient (Wildman–Crippen LogP) is 0.736. The standard InChI is InChI=1S/C12H22N6O/c1-11(2,3)10-15-7(6-8(16-10)18-14)17-12(4,5)9(13)19/h6H,14H2,1-5H3,(H2,13,19)(H2,15,16,17,18). The number of nitrogens with one attached hydrogen (secondary N) is 2. The number of nitrogen functional groups attached to an aromatic ring is 1. The molecule has 106 valence electrons. The molecule has 0 aliphatic heterocycles. The number of aromatic nitrogens is 2. The fourth-order valence-electron chi connectivity index (χ4n) is 1.30. The number of hydrogen-bond acceptors (Lipinski definition) is 6. The summed E-state index contributed by atoms with van der Waals surface area (Å²) >= 11 is 0. The minimum Gasteiger partial charge on any atom is -0.368 e. The first-order chi connectivity index (χ1) is 8.56. The number of primary amides is 1. The Hall–Kier alpha value is -1.89. The topological polar surface area (TPSA) is 119 Å². The van der Waals surface area contributed by atoms with Crippen LogP contribution in [0.3, 0.4) is 0 Å². The van der Waals surface area contributed by atoms with Crippen LogP contribution in [0.1, 0.15) is 40.4 Å². The minimum atomic E-state index is -0.907. The molecule has 0 aromatic carbocycles. The molecule has 0 atom stereocenters. The first-order valence-corrected chi connectivity index (χ1v) is 6.00. The molecule has 1 rings (SSSR count). The van der Waals surface area contributed by atoms with Gasteiger partial charge in [0.1, 0.15) is 23.0 Å². The van der Waals surface area contributed by atoms with Gasteiger partial charge in [-0.2, -0.15) is 0 Å². The average Bonchev–Trinajstić information content (AvgIpc) is 2.26. The van der Waals surface area contributed by atoms with E-state index in [9.17, 15) is 4.79 Å². The quantitative estimate of drug-likeness (QED) is 0.471. The smallest absolute Gasteiger partial charge is 0.242 e. The monoisotopic (exact) mass is 266 g/mol. The summed E-state index contributed by atoms with van der Waals surface area (Å²) in [5.41, 5.74) is 6.67. The maximum atomic E-state index is 11.3. The second kappa shape index (κ2) is 5.00. The Morgan fingerprint density at radius 1 is 1.16 bits per heavy atom. The van der Waals surface area contributed by atoms with E-state index in [1.165, 1.54) is 0 Å². The highest BCUT2D eigenvalue weighted by molar-refractivity contribution is 5.86. The van der Waals surface area contributed by atoms with E-state index >= 15 is 0 Å². The van der Waals surface area contributed by atoms with Crippen molar-refractivity contribution >= 4 is 17.5 Å². The third kappa shape index (κ3) is 3.78. The van der Waals surface area contributed by atoms with Crippen molar-refractivity contribution in [2.24, 2.45) is 11.6 Å². The first kappa shape index (κ1) is 15.2. The second-order valence-electron chi connectivity index (χ2n) is 5.97. The van der Waals surface area contributed by atoms with Gasteiger partial charge in [0.15, 0.2) is 0 Å². The highest BCUT2D eigenvalue weighted by Crippen LogP contribution is 2.23. The number of nitrogens with zero attached hydrogens (tertiary/aromatic N) is 2. The van der Waals surface area contributed by atoms with Crippen LogP contribution < -0.4 is 22.3 Å². The molecular formula is C12H22N6O. The summed E-state index contributed by atoms with van der Waals surface area (Å²) in [5, 5.41) is 2.98. The van der Waals surface area contributed by atoms with E-state index in [1.54, 1.807) is 19.9 Å². The SMILES string of the molecule is CC(C)(Nc1cc(NN)nc(C(C)(C)C)n1)C(N)=O. The van der Waals surface area contributed by atoms with Crippen LogP contribution in [-0.4, -0.2) is 21.4 Å². The number of rotatable bonds is 4. The van der Waals surface area contributed by atoms with Crippen molar-refractivity contribution in [2.45, 2.75) is 45.6 Å². The van der Waals surface area contributed by atoms with Gasteiger partial charge in [-0.3, -0.25) is 4.79 Å². The van der Waals surface area contributed by atoms with Crippen molar-refractivity contribution < 1.29 is 4.79 Å². The minimum absolute atomic E-state index is 0.236. The maximum Gasteiger partial charge on any atom is 0.242 e. The molecule has 0 bridgehead atoms. The average molecular weight is 266 g/mol. The number of hydrogen-bond donors (Lipinski definition) is 4. The summed E-state index contributed by atoms with van der Waals surface area (Å²) in [4.78, 5) is 20.0. The molecular weight excluding hydrogens is 244 g/mol. The Labute approximate surface area is 113 Å². The normalized spacial score (nSPS) is 12.1. The van der Waals surface area contributed by atoms with E-state index in [0.29, 0.717) is 17.5 Å². The molecule has 1 aromatic rings. The summed E-state index contributed by atoms with van der Waals surface area (Å²) in [6.45, 7) is 9.34. The van der Waals surface area contributed by atoms with Crippen molar-refractivity contribution in [1.82, 2.24) is 9.97 Å². The Bertz CT molecular complexity index is 478. The highest BCUT2D eigenvalue weighted by Gasteiger charge is 2.26. The summed E-state index contributed by atoms with van der Waals surface area (Å²) < 4.78 is 0. The number of anilines is 2. The predicted molar refractivity (Wildman–Crippen MR) is 75.4 cm³/mol. The summed E-state index contributed by atoms with van der Waals surface area (Å²) in [6, 6.07) is 1.62. The Balaban J connectivity index is 3.18. The molecule has 0 fully saturated rings. The molecule has 1 aromatic heterocycles. The van der Waals surface area contributed by atoms with Crippen LogP contribution in [0.15, 0.2) is 6.07 Å². The molecule has 0 radical (unpaired) electrons. The zero-order valence-corrected chi connectivity index (χ0v) is 12.0. The van der Waals surface area contributed by atoms with Crippen molar-refractivity contribution in [3.05, 3.63) is 11.9 Å². The lowest BCUT2D eigenvalue weighted by Crippen LogP contribution is -2.45. The fourth-order valence-corrected chi connectivity index (χ4v) is 1.30. The molecule has 0 spiro atoms. The van der Waals surface area contributed by atoms with Gasteiger partial charge in [-0.05, 0) is 13.8 Å². The van der Waals surface area contributed by atoms with Crippen molar-refractivity contribution in [3.63, 3.8) is 0 Å². The number of hydrazine groups is 1. The Morgan fingerprint density at radius 3 is 2.11 bits per heavy atom. The molecule has 0 unspecified atom stereocenters. The van der Waals surface area contributed by atoms with Gasteiger partial charge in [0, 0.05) is 11.5 Å². The van der Waals surface area contributed by atoms with Gasteiger partial charge in [0.05, 0.1) is 0 Å². The molecule has 7 heteroatoms. The van der Waals surface area contributed by atoms with Crippen LogP contribution in [0, 0.1) is 0 Å². The molecule has 0 aliphatic carbocycles. The molecule has 1 amide bonds. The van der Waals surface area contributed by atoms with E-state index in [0.717, 1.165) is 0 Å². The van der Waals surface area contributed by atoms with Crippen LogP contribution in [-0.2, 0) is 10.2 Å². The molecule has 6 N–H and O–H groups in total. The second-order valence-corrected chi connectivity index (χ2v) is 5.97. The van der Waals surface area contributed by atoms with Gasteiger partial charge in [-0.25, -0.2) is 15.8 Å². The van der Waals surface area contributed by atoms with Gasteiger partial charge in [-0.15, -0.1) is 0 Å². The largest absolute Gasteiger partial charge is 0.368 e. The Kier molecular flexibility index (Phi) is 4.00. The van der Waals surface area contributed by atoms with Gasteiger partial charge in [0.25, 0.3) is 0 Å². The van der Waals surface area contributed by atoms with Crippen molar-refractivity contribution in [3.8, 4) is 0 Å². The molecule has 19 heavy (non-hydrogen) atoms. The lowest BCUT2D eigenvalue weighted by atomic mass is 9.95. The number of nitrogens with two attached hydrogens (primary N) is 2. The van der Waals surface area contributed by atoms with Gasteiger partial charge in [0.2, 0.25) is 5.91 Å². The van der Waals surface area contributed by atoms with Gasteiger partial charge in [-0.1, -0.05) is 20.8 Å². The molecule has 0 saturated heterocycles. The van der Waals surface area contributed by atoms with E-state index in [4.69, 9.17) is 11.6 Å². The number of carbonyl (C=O) groups excluding carboxylic acids is 1. The molecule has 7 nitrogen and oxygen atoms in total. The first-order valence-electron chi connectivity index (χ1n) is 6.00. The molecule has 0 aliphatic rings. The van der Waals surface area contributed by atoms with Crippen LogP contribution >= 0.6 is 0 Å². The Morgan fingerprint density at radius 2 is 1.68 bits per heavy atom. The summed E-state index contributed by atoms with van der Waals surface area (Å²) in [6.07, 6.45) is 0. The summed E-state index contributed by atoms with van der Waals surface area (Å²) in [7, 11) is 0. The summed E-state index contributed by atoms with van der Waals surface area (Å²) in [5.74, 6) is 6.52. The molecule has 0 saturated carbocycles.